The molecule has 0 aliphatic rings. The summed E-state index contributed by atoms with van der Waals surface area (Å²) in [5, 5.41) is 3.36. The van der Waals surface area contributed by atoms with E-state index in [0.717, 1.165) is 6.42 Å². The number of carbonyl (C=O) groups is 1. The predicted octanol–water partition coefficient (Wildman–Crippen LogP) is 3.47. The third-order valence-corrected chi connectivity index (χ3v) is 3.06. The fraction of sp³-hybridized carbons (Fsp3) is 0.400. The molecule has 3 nitrogen and oxygen atoms in total. The second kappa shape index (κ2) is 5.43. The number of hydrogen-bond donors (Lipinski definition) is 2. The summed E-state index contributed by atoms with van der Waals surface area (Å²) in [5.74, 6) is 0.0160. The molecule has 0 aliphatic heterocycles. The molecule has 2 N–H and O–H groups in total. The topological polar surface area (TPSA) is 44.9 Å². The Kier molecular flexibility index (Phi) is 3.88. The fourth-order valence-corrected chi connectivity index (χ4v) is 2.31. The van der Waals surface area contributed by atoms with Gasteiger partial charge in [0.25, 0.3) is 5.91 Å². The Morgan fingerprint density at radius 1 is 1.37 bits per heavy atom. The van der Waals surface area contributed by atoms with Crippen molar-refractivity contribution >= 4 is 16.8 Å². The van der Waals surface area contributed by atoms with E-state index in [1.54, 1.807) is 18.2 Å². The van der Waals surface area contributed by atoms with Crippen molar-refractivity contribution in [3.8, 4) is 0 Å². The quantitative estimate of drug-likeness (QED) is 0.870. The average molecular weight is 262 g/mol. The minimum atomic E-state index is -0.317. The summed E-state index contributed by atoms with van der Waals surface area (Å²) in [6.45, 7) is 6.20. The lowest BCUT2D eigenvalue weighted by atomic mass is 10.1. The van der Waals surface area contributed by atoms with Gasteiger partial charge in [-0.3, -0.25) is 4.79 Å². The van der Waals surface area contributed by atoms with Crippen molar-refractivity contribution in [3.63, 3.8) is 0 Å². The lowest BCUT2D eigenvalue weighted by Crippen LogP contribution is -2.33. The molecule has 0 radical (unpaired) electrons. The maximum Gasteiger partial charge on any atom is 0.267 e. The highest BCUT2D eigenvalue weighted by molar-refractivity contribution is 5.98. The molecule has 1 atom stereocenters. The molecule has 0 saturated carbocycles. The SMILES string of the molecule is CC(C)CC(C)NC(=O)c1cc2c(F)cccc2[nH]1. The second-order valence-electron chi connectivity index (χ2n) is 5.39. The molecule has 102 valence electrons. The van der Waals surface area contributed by atoms with Crippen LogP contribution in [0.3, 0.4) is 0 Å². The van der Waals surface area contributed by atoms with Gasteiger partial charge in [0.1, 0.15) is 11.5 Å². The van der Waals surface area contributed by atoms with Crippen LogP contribution in [-0.2, 0) is 0 Å². The van der Waals surface area contributed by atoms with Crippen LogP contribution in [0.5, 0.6) is 0 Å². The van der Waals surface area contributed by atoms with Gasteiger partial charge in [-0.05, 0) is 37.5 Å². The number of H-pyrrole nitrogens is 1. The average Bonchev–Trinajstić information content (AvgIpc) is 2.73. The molecule has 1 unspecified atom stereocenters. The van der Waals surface area contributed by atoms with Crippen molar-refractivity contribution in [1.29, 1.82) is 0 Å². The zero-order valence-electron chi connectivity index (χ0n) is 11.5. The van der Waals surface area contributed by atoms with Crippen LogP contribution in [-0.4, -0.2) is 16.9 Å². The summed E-state index contributed by atoms with van der Waals surface area (Å²) in [4.78, 5) is 15.0. The van der Waals surface area contributed by atoms with Crippen LogP contribution in [0, 0.1) is 11.7 Å². The smallest absolute Gasteiger partial charge is 0.267 e. The molecule has 1 aromatic heterocycles. The van der Waals surface area contributed by atoms with Crippen LogP contribution in [0.4, 0.5) is 4.39 Å². The Labute approximate surface area is 112 Å². The first-order valence-electron chi connectivity index (χ1n) is 6.55. The minimum absolute atomic E-state index is 0.101. The maximum atomic E-state index is 13.5. The number of fused-ring (bicyclic) bond motifs is 1. The van der Waals surface area contributed by atoms with Gasteiger partial charge in [-0.2, -0.15) is 0 Å². The number of amides is 1. The van der Waals surface area contributed by atoms with E-state index in [9.17, 15) is 9.18 Å². The monoisotopic (exact) mass is 262 g/mol. The standard InChI is InChI=1S/C15H19FN2O/c1-9(2)7-10(3)17-15(19)14-8-11-12(16)5-4-6-13(11)18-14/h4-6,8-10,18H,7H2,1-3H3,(H,17,19). The number of nitrogens with one attached hydrogen (secondary N) is 2. The van der Waals surface area contributed by atoms with E-state index in [1.807, 2.05) is 6.92 Å². The van der Waals surface area contributed by atoms with Gasteiger partial charge in [-0.1, -0.05) is 19.9 Å². The first kappa shape index (κ1) is 13.6. The number of hydrogen-bond acceptors (Lipinski definition) is 1. The normalized spacial score (nSPS) is 12.9. The van der Waals surface area contributed by atoms with Gasteiger partial charge in [-0.15, -0.1) is 0 Å². The second-order valence-corrected chi connectivity index (χ2v) is 5.39. The van der Waals surface area contributed by atoms with E-state index >= 15 is 0 Å². The Morgan fingerprint density at radius 3 is 2.74 bits per heavy atom. The number of carbonyl (C=O) groups excluding carboxylic acids is 1. The lowest BCUT2D eigenvalue weighted by molar-refractivity contribution is 0.0932. The summed E-state index contributed by atoms with van der Waals surface area (Å²) in [7, 11) is 0. The molecule has 1 aromatic carbocycles. The van der Waals surface area contributed by atoms with Crippen molar-refractivity contribution in [2.75, 3.05) is 0 Å². The zero-order chi connectivity index (χ0) is 14.0. The highest BCUT2D eigenvalue weighted by atomic mass is 19.1. The Balaban J connectivity index is 2.15. The van der Waals surface area contributed by atoms with Crippen molar-refractivity contribution in [1.82, 2.24) is 10.3 Å². The molecule has 4 heteroatoms. The van der Waals surface area contributed by atoms with Crippen LogP contribution in [0.15, 0.2) is 24.3 Å². The van der Waals surface area contributed by atoms with E-state index in [1.165, 1.54) is 6.07 Å². The van der Waals surface area contributed by atoms with Crippen LogP contribution in [0.25, 0.3) is 10.9 Å². The molecule has 19 heavy (non-hydrogen) atoms. The van der Waals surface area contributed by atoms with Crippen LogP contribution < -0.4 is 5.32 Å². The molecule has 1 heterocycles. The first-order valence-corrected chi connectivity index (χ1v) is 6.55. The van der Waals surface area contributed by atoms with Crippen LogP contribution >= 0.6 is 0 Å². The largest absolute Gasteiger partial charge is 0.350 e. The molecule has 0 bridgehead atoms. The Morgan fingerprint density at radius 2 is 2.11 bits per heavy atom. The van der Waals surface area contributed by atoms with Crippen LogP contribution in [0.2, 0.25) is 0 Å². The number of halogens is 1. The summed E-state index contributed by atoms with van der Waals surface area (Å²) in [5.41, 5.74) is 1.04. The minimum Gasteiger partial charge on any atom is -0.350 e. The first-order chi connectivity index (χ1) is 8.97. The van der Waals surface area contributed by atoms with Gasteiger partial charge in [-0.25, -0.2) is 4.39 Å². The Bertz CT molecular complexity index is 589. The summed E-state index contributed by atoms with van der Waals surface area (Å²) in [6.07, 6.45) is 0.917. The predicted molar refractivity (Wildman–Crippen MR) is 74.6 cm³/mol. The number of rotatable bonds is 4. The van der Waals surface area contributed by atoms with Gasteiger partial charge in [0.05, 0.1) is 0 Å². The Hall–Kier alpha value is -1.84. The van der Waals surface area contributed by atoms with E-state index in [0.29, 0.717) is 22.5 Å². The molecular weight excluding hydrogens is 243 g/mol. The van der Waals surface area contributed by atoms with Crippen molar-refractivity contribution in [2.45, 2.75) is 33.2 Å². The zero-order valence-corrected chi connectivity index (χ0v) is 11.5. The van der Waals surface area contributed by atoms with Crippen LogP contribution in [0.1, 0.15) is 37.7 Å². The van der Waals surface area contributed by atoms with Crippen molar-refractivity contribution in [3.05, 3.63) is 35.8 Å². The van der Waals surface area contributed by atoms with E-state index < -0.39 is 0 Å². The third kappa shape index (κ3) is 3.13. The molecule has 2 aromatic rings. The van der Waals surface area contributed by atoms with Gasteiger partial charge >= 0.3 is 0 Å². The molecule has 0 saturated heterocycles. The molecule has 0 fully saturated rings. The van der Waals surface area contributed by atoms with E-state index in [4.69, 9.17) is 0 Å². The molecule has 1 amide bonds. The highest BCUT2D eigenvalue weighted by Gasteiger charge is 2.14. The number of benzene rings is 1. The fourth-order valence-electron chi connectivity index (χ4n) is 2.31. The lowest BCUT2D eigenvalue weighted by Gasteiger charge is -2.15. The van der Waals surface area contributed by atoms with Gasteiger partial charge in [0.15, 0.2) is 0 Å². The highest BCUT2D eigenvalue weighted by Crippen LogP contribution is 2.18. The molecule has 0 aliphatic carbocycles. The molecule has 2 rings (SSSR count). The number of aromatic amines is 1. The van der Waals surface area contributed by atoms with E-state index in [2.05, 4.69) is 24.1 Å². The van der Waals surface area contributed by atoms with E-state index in [-0.39, 0.29) is 17.8 Å². The number of aromatic nitrogens is 1. The summed E-state index contributed by atoms with van der Waals surface area (Å²) >= 11 is 0. The van der Waals surface area contributed by atoms with Crippen molar-refractivity contribution < 1.29 is 9.18 Å². The van der Waals surface area contributed by atoms with Gasteiger partial charge in [0.2, 0.25) is 0 Å². The van der Waals surface area contributed by atoms with Gasteiger partial charge in [0, 0.05) is 16.9 Å². The third-order valence-electron chi connectivity index (χ3n) is 3.06. The molecule has 0 spiro atoms. The van der Waals surface area contributed by atoms with Crippen molar-refractivity contribution in [2.24, 2.45) is 5.92 Å². The van der Waals surface area contributed by atoms with Gasteiger partial charge < -0.3 is 10.3 Å². The molecular formula is C15H19FN2O. The maximum absolute atomic E-state index is 13.5. The summed E-state index contributed by atoms with van der Waals surface area (Å²) in [6, 6.07) is 6.43. The summed E-state index contributed by atoms with van der Waals surface area (Å²) < 4.78 is 13.5.